The molecular weight excluding hydrogens is 186 g/mol. The Labute approximate surface area is 94.5 Å². The van der Waals surface area contributed by atoms with Gasteiger partial charge in [0, 0.05) is 12.6 Å². The van der Waals surface area contributed by atoms with Crippen LogP contribution in [0.25, 0.3) is 0 Å². The Hall–Kier alpha value is -0.0800. The first-order chi connectivity index (χ1) is 7.31. The van der Waals surface area contributed by atoms with E-state index in [2.05, 4.69) is 19.2 Å². The molecule has 1 saturated carbocycles. The number of hydrogen-bond donors (Lipinski definition) is 2. The van der Waals surface area contributed by atoms with Crippen LogP contribution >= 0.6 is 0 Å². The van der Waals surface area contributed by atoms with Crippen molar-refractivity contribution in [3.63, 3.8) is 0 Å². The minimum absolute atomic E-state index is 0.384. The molecule has 0 aliphatic heterocycles. The highest BCUT2D eigenvalue weighted by molar-refractivity contribution is 4.78. The Morgan fingerprint density at radius 2 is 1.73 bits per heavy atom. The van der Waals surface area contributed by atoms with E-state index in [0.29, 0.717) is 24.5 Å². The second-order valence-electron chi connectivity index (χ2n) is 4.91. The molecule has 0 saturated heterocycles. The van der Waals surface area contributed by atoms with Crippen molar-refractivity contribution in [3.05, 3.63) is 0 Å². The van der Waals surface area contributed by atoms with Crippen molar-refractivity contribution < 1.29 is 5.11 Å². The topological polar surface area (TPSA) is 32.3 Å². The summed E-state index contributed by atoms with van der Waals surface area (Å²) < 4.78 is 0. The highest BCUT2D eigenvalue weighted by Crippen LogP contribution is 2.29. The third-order valence-electron chi connectivity index (χ3n) is 3.96. The summed E-state index contributed by atoms with van der Waals surface area (Å²) in [5, 5.41) is 13.0. The fraction of sp³-hybridized carbons (Fsp3) is 1.00. The normalized spacial score (nSPS) is 27.2. The Bertz CT molecular complexity index is 157. The molecular formula is C13H27NO. The average molecular weight is 213 g/mol. The van der Waals surface area contributed by atoms with Gasteiger partial charge in [-0.05, 0) is 44.1 Å². The Morgan fingerprint density at radius 3 is 2.27 bits per heavy atom. The van der Waals surface area contributed by atoms with E-state index in [4.69, 9.17) is 0 Å². The van der Waals surface area contributed by atoms with E-state index in [0.717, 1.165) is 6.54 Å². The molecule has 0 amide bonds. The molecule has 0 spiro atoms. The molecule has 0 aromatic carbocycles. The number of nitrogens with one attached hydrogen (secondary N) is 1. The van der Waals surface area contributed by atoms with Crippen LogP contribution in [0.1, 0.15) is 52.4 Å². The summed E-state index contributed by atoms with van der Waals surface area (Å²) in [7, 11) is 0. The summed E-state index contributed by atoms with van der Waals surface area (Å²) in [6.45, 7) is 5.98. The summed E-state index contributed by atoms with van der Waals surface area (Å²) in [4.78, 5) is 0. The second-order valence-corrected chi connectivity index (χ2v) is 4.91. The standard InChI is InChI=1S/C13H27NO/c1-3-13(4-2)14-9-11-7-5-6-8-12(11)10-15/h11-15H,3-10H2,1-2H3. The third kappa shape index (κ3) is 4.12. The lowest BCUT2D eigenvalue weighted by Crippen LogP contribution is -2.37. The molecule has 0 heterocycles. The van der Waals surface area contributed by atoms with Crippen molar-refractivity contribution in [2.24, 2.45) is 11.8 Å². The van der Waals surface area contributed by atoms with Gasteiger partial charge in [-0.1, -0.05) is 26.7 Å². The largest absolute Gasteiger partial charge is 0.396 e. The molecule has 2 heteroatoms. The monoisotopic (exact) mass is 213 g/mol. The van der Waals surface area contributed by atoms with Gasteiger partial charge in [0.25, 0.3) is 0 Å². The third-order valence-corrected chi connectivity index (χ3v) is 3.96. The first kappa shape index (κ1) is 13.0. The van der Waals surface area contributed by atoms with Crippen LogP contribution in [-0.2, 0) is 0 Å². The fourth-order valence-corrected chi connectivity index (χ4v) is 2.69. The summed E-state index contributed by atoms with van der Waals surface area (Å²) in [6, 6.07) is 0.672. The molecule has 1 aliphatic rings. The zero-order chi connectivity index (χ0) is 11.1. The molecule has 1 rings (SSSR count). The zero-order valence-corrected chi connectivity index (χ0v) is 10.3. The molecule has 1 fully saturated rings. The van der Waals surface area contributed by atoms with E-state index >= 15 is 0 Å². The lowest BCUT2D eigenvalue weighted by Gasteiger charge is -2.31. The molecule has 0 aromatic heterocycles. The van der Waals surface area contributed by atoms with Gasteiger partial charge in [-0.3, -0.25) is 0 Å². The lowest BCUT2D eigenvalue weighted by molar-refractivity contribution is 0.130. The van der Waals surface area contributed by atoms with Crippen LogP contribution in [0.3, 0.4) is 0 Å². The Balaban J connectivity index is 2.28. The zero-order valence-electron chi connectivity index (χ0n) is 10.3. The van der Waals surface area contributed by atoms with Gasteiger partial charge in [0.05, 0.1) is 0 Å². The van der Waals surface area contributed by atoms with E-state index in [-0.39, 0.29) is 0 Å². The molecule has 0 aromatic rings. The minimum atomic E-state index is 0.384. The van der Waals surface area contributed by atoms with Gasteiger partial charge in [0.2, 0.25) is 0 Å². The van der Waals surface area contributed by atoms with E-state index in [1.807, 2.05) is 0 Å². The van der Waals surface area contributed by atoms with Crippen molar-refractivity contribution in [2.75, 3.05) is 13.2 Å². The highest BCUT2D eigenvalue weighted by atomic mass is 16.3. The minimum Gasteiger partial charge on any atom is -0.396 e. The molecule has 1 aliphatic carbocycles. The molecule has 2 unspecified atom stereocenters. The van der Waals surface area contributed by atoms with E-state index in [1.54, 1.807) is 0 Å². The van der Waals surface area contributed by atoms with Crippen LogP contribution in [0.15, 0.2) is 0 Å². The van der Waals surface area contributed by atoms with E-state index < -0.39 is 0 Å². The van der Waals surface area contributed by atoms with Gasteiger partial charge in [-0.25, -0.2) is 0 Å². The predicted molar refractivity (Wildman–Crippen MR) is 64.9 cm³/mol. The van der Waals surface area contributed by atoms with E-state index in [9.17, 15) is 5.11 Å². The summed E-state index contributed by atoms with van der Waals surface area (Å²) in [5.74, 6) is 1.27. The van der Waals surface area contributed by atoms with Crippen molar-refractivity contribution in [2.45, 2.75) is 58.4 Å². The molecule has 90 valence electrons. The smallest absolute Gasteiger partial charge is 0.0462 e. The maximum atomic E-state index is 9.31. The van der Waals surface area contributed by atoms with Gasteiger partial charge in [-0.2, -0.15) is 0 Å². The predicted octanol–water partition coefficient (Wildman–Crippen LogP) is 2.56. The lowest BCUT2D eigenvalue weighted by atomic mass is 9.79. The van der Waals surface area contributed by atoms with Crippen molar-refractivity contribution in [1.82, 2.24) is 5.32 Å². The van der Waals surface area contributed by atoms with Gasteiger partial charge >= 0.3 is 0 Å². The number of aliphatic hydroxyl groups excluding tert-OH is 1. The number of aliphatic hydroxyl groups is 1. The fourth-order valence-electron chi connectivity index (χ4n) is 2.69. The molecule has 2 atom stereocenters. The number of hydrogen-bond acceptors (Lipinski definition) is 2. The SMILES string of the molecule is CCC(CC)NCC1CCCCC1CO. The summed E-state index contributed by atoms with van der Waals surface area (Å²) in [5.41, 5.74) is 0. The maximum Gasteiger partial charge on any atom is 0.0462 e. The van der Waals surface area contributed by atoms with Crippen LogP contribution in [0.4, 0.5) is 0 Å². The van der Waals surface area contributed by atoms with Crippen molar-refractivity contribution >= 4 is 0 Å². The maximum absolute atomic E-state index is 9.31. The summed E-state index contributed by atoms with van der Waals surface area (Å²) in [6.07, 6.45) is 7.63. The van der Waals surface area contributed by atoms with Gasteiger partial charge in [-0.15, -0.1) is 0 Å². The number of rotatable bonds is 6. The van der Waals surface area contributed by atoms with Crippen molar-refractivity contribution in [1.29, 1.82) is 0 Å². The van der Waals surface area contributed by atoms with Crippen LogP contribution < -0.4 is 5.32 Å². The molecule has 2 N–H and O–H groups in total. The molecule has 0 bridgehead atoms. The van der Waals surface area contributed by atoms with Crippen LogP contribution in [0, 0.1) is 11.8 Å². The quantitative estimate of drug-likeness (QED) is 0.711. The molecule has 0 radical (unpaired) electrons. The van der Waals surface area contributed by atoms with E-state index in [1.165, 1.54) is 38.5 Å². The summed E-state index contributed by atoms with van der Waals surface area (Å²) >= 11 is 0. The second kappa shape index (κ2) is 7.24. The Kier molecular flexibility index (Phi) is 6.26. The van der Waals surface area contributed by atoms with Gasteiger partial charge < -0.3 is 10.4 Å². The van der Waals surface area contributed by atoms with Crippen LogP contribution in [0.5, 0.6) is 0 Å². The van der Waals surface area contributed by atoms with Crippen LogP contribution in [-0.4, -0.2) is 24.3 Å². The first-order valence-electron chi connectivity index (χ1n) is 6.66. The highest BCUT2D eigenvalue weighted by Gasteiger charge is 2.24. The molecule has 15 heavy (non-hydrogen) atoms. The van der Waals surface area contributed by atoms with Crippen molar-refractivity contribution in [3.8, 4) is 0 Å². The van der Waals surface area contributed by atoms with Gasteiger partial charge in [0.15, 0.2) is 0 Å². The van der Waals surface area contributed by atoms with Crippen LogP contribution in [0.2, 0.25) is 0 Å². The van der Waals surface area contributed by atoms with Gasteiger partial charge in [0.1, 0.15) is 0 Å². The molecule has 2 nitrogen and oxygen atoms in total. The Morgan fingerprint density at radius 1 is 1.13 bits per heavy atom. The first-order valence-corrected chi connectivity index (χ1v) is 6.66. The average Bonchev–Trinajstić information content (AvgIpc) is 2.31.